The molecule has 0 amide bonds. The van der Waals surface area contributed by atoms with E-state index < -0.39 is 0 Å². The van der Waals surface area contributed by atoms with Gasteiger partial charge in [0.25, 0.3) is 0 Å². The summed E-state index contributed by atoms with van der Waals surface area (Å²) in [5.41, 5.74) is 2.77. The summed E-state index contributed by atoms with van der Waals surface area (Å²) in [6, 6.07) is 13.3. The number of nitrogens with one attached hydrogen (secondary N) is 1. The van der Waals surface area contributed by atoms with Gasteiger partial charge in [-0.1, -0.05) is 22.0 Å². The van der Waals surface area contributed by atoms with E-state index in [4.69, 9.17) is 0 Å². The number of rotatable bonds is 4. The summed E-state index contributed by atoms with van der Waals surface area (Å²) in [7, 11) is 0. The van der Waals surface area contributed by atoms with E-state index in [0.29, 0.717) is 5.56 Å². The monoisotopic (exact) mass is 393 g/mol. The molecule has 1 N–H and O–H groups in total. The van der Waals surface area contributed by atoms with Gasteiger partial charge in [-0.05, 0) is 64.8 Å². The summed E-state index contributed by atoms with van der Waals surface area (Å²) in [4.78, 5) is 11.9. The van der Waals surface area contributed by atoms with Crippen LogP contribution in [0.2, 0.25) is 0 Å². The molecule has 2 aromatic carbocycles. The molecule has 0 saturated carbocycles. The molecule has 0 aliphatic heterocycles. The van der Waals surface area contributed by atoms with Crippen LogP contribution < -0.4 is 5.32 Å². The van der Waals surface area contributed by atoms with Crippen LogP contribution in [0.3, 0.4) is 0 Å². The van der Waals surface area contributed by atoms with Gasteiger partial charge in [0.2, 0.25) is 0 Å². The molecule has 2 nitrogen and oxygen atoms in total. The second-order valence-electron chi connectivity index (χ2n) is 4.33. The number of aryl methyl sites for hydroxylation is 1. The molecule has 20 heavy (non-hydrogen) atoms. The summed E-state index contributed by atoms with van der Waals surface area (Å²) < 4.78 is 1.93. The standard InChI is InChI=1S/C16H13Br2NO/c1-11-2-7-15(14(18)10-11)19-9-8-16(20)12-3-5-13(17)6-4-12/h2-10,19H,1H3/b9-8+. The Kier molecular flexibility index (Phi) is 5.15. The van der Waals surface area contributed by atoms with Gasteiger partial charge in [0, 0.05) is 26.8 Å². The van der Waals surface area contributed by atoms with Crippen molar-refractivity contribution in [3.63, 3.8) is 0 Å². The largest absolute Gasteiger partial charge is 0.361 e. The van der Waals surface area contributed by atoms with Gasteiger partial charge in [-0.15, -0.1) is 0 Å². The highest BCUT2D eigenvalue weighted by atomic mass is 79.9. The quantitative estimate of drug-likeness (QED) is 0.560. The van der Waals surface area contributed by atoms with Gasteiger partial charge in [0.1, 0.15) is 0 Å². The second kappa shape index (κ2) is 6.86. The molecule has 0 aliphatic rings. The average molecular weight is 395 g/mol. The molecule has 0 radical (unpaired) electrons. The first-order chi connectivity index (χ1) is 9.56. The van der Waals surface area contributed by atoms with Crippen LogP contribution in [0.15, 0.2) is 63.7 Å². The normalized spacial score (nSPS) is 10.8. The third kappa shape index (κ3) is 4.05. The van der Waals surface area contributed by atoms with E-state index in [1.54, 1.807) is 18.3 Å². The third-order valence-electron chi connectivity index (χ3n) is 2.73. The Balaban J connectivity index is 2.02. The van der Waals surface area contributed by atoms with Crippen molar-refractivity contribution < 1.29 is 4.79 Å². The number of hydrogen-bond acceptors (Lipinski definition) is 2. The molecule has 0 saturated heterocycles. The molecule has 0 unspecified atom stereocenters. The van der Waals surface area contributed by atoms with Crippen LogP contribution in [0, 0.1) is 6.92 Å². The molecular formula is C16H13Br2NO. The number of halogens is 2. The SMILES string of the molecule is Cc1ccc(N/C=C/C(=O)c2ccc(Br)cc2)c(Br)c1. The molecule has 2 rings (SSSR count). The molecule has 2 aromatic rings. The van der Waals surface area contributed by atoms with Crippen molar-refractivity contribution in [1.82, 2.24) is 0 Å². The number of carbonyl (C=O) groups excluding carboxylic acids is 1. The first-order valence-electron chi connectivity index (χ1n) is 6.05. The van der Waals surface area contributed by atoms with Crippen molar-refractivity contribution in [3.05, 3.63) is 74.8 Å². The Morgan fingerprint density at radius 1 is 1.10 bits per heavy atom. The lowest BCUT2D eigenvalue weighted by molar-refractivity contribution is 0.104. The fourth-order valence-corrected chi connectivity index (χ4v) is 2.53. The zero-order valence-corrected chi connectivity index (χ0v) is 14.0. The topological polar surface area (TPSA) is 29.1 Å². The lowest BCUT2D eigenvalue weighted by Gasteiger charge is -2.04. The smallest absolute Gasteiger partial charge is 0.187 e. The fourth-order valence-electron chi connectivity index (χ4n) is 1.65. The summed E-state index contributed by atoms with van der Waals surface area (Å²) in [6.07, 6.45) is 3.18. The van der Waals surface area contributed by atoms with Crippen LogP contribution in [0.4, 0.5) is 5.69 Å². The van der Waals surface area contributed by atoms with E-state index in [1.165, 1.54) is 11.6 Å². The zero-order chi connectivity index (χ0) is 14.5. The second-order valence-corrected chi connectivity index (χ2v) is 6.10. The van der Waals surface area contributed by atoms with Gasteiger partial charge in [0.05, 0.1) is 5.69 Å². The third-order valence-corrected chi connectivity index (χ3v) is 3.91. The molecule has 0 aliphatic carbocycles. The predicted molar refractivity (Wildman–Crippen MR) is 90.1 cm³/mol. The predicted octanol–water partition coefficient (Wildman–Crippen LogP) is 5.33. The molecule has 0 atom stereocenters. The number of hydrogen-bond donors (Lipinski definition) is 1. The van der Waals surface area contributed by atoms with E-state index in [-0.39, 0.29) is 5.78 Å². The van der Waals surface area contributed by atoms with Gasteiger partial charge >= 0.3 is 0 Å². The van der Waals surface area contributed by atoms with Crippen molar-refractivity contribution in [2.75, 3.05) is 5.32 Å². The molecule has 102 valence electrons. The maximum atomic E-state index is 11.9. The van der Waals surface area contributed by atoms with Crippen molar-refractivity contribution in [2.45, 2.75) is 6.92 Å². The Morgan fingerprint density at radius 3 is 2.45 bits per heavy atom. The molecule has 0 aromatic heterocycles. The molecule has 0 fully saturated rings. The van der Waals surface area contributed by atoms with Gasteiger partial charge in [-0.25, -0.2) is 0 Å². The van der Waals surface area contributed by atoms with Crippen LogP contribution >= 0.6 is 31.9 Å². The molecule has 0 bridgehead atoms. The first kappa shape index (κ1) is 15.0. The Bertz CT molecular complexity index is 648. The maximum absolute atomic E-state index is 11.9. The zero-order valence-electron chi connectivity index (χ0n) is 10.9. The van der Waals surface area contributed by atoms with E-state index >= 15 is 0 Å². The van der Waals surface area contributed by atoms with Crippen LogP contribution in [-0.2, 0) is 0 Å². The molecule has 4 heteroatoms. The summed E-state index contributed by atoms with van der Waals surface area (Å²) in [5.74, 6) is -0.0340. The van der Waals surface area contributed by atoms with Gasteiger partial charge in [-0.2, -0.15) is 0 Å². The summed E-state index contributed by atoms with van der Waals surface area (Å²) in [6.45, 7) is 2.03. The van der Waals surface area contributed by atoms with Crippen molar-refractivity contribution in [2.24, 2.45) is 0 Å². The van der Waals surface area contributed by atoms with Gasteiger partial charge in [-0.3, -0.25) is 4.79 Å². The summed E-state index contributed by atoms with van der Waals surface area (Å²) in [5, 5.41) is 3.09. The van der Waals surface area contributed by atoms with E-state index in [2.05, 4.69) is 37.2 Å². The minimum Gasteiger partial charge on any atom is -0.361 e. The number of anilines is 1. The minimum absolute atomic E-state index is 0.0340. The number of carbonyl (C=O) groups is 1. The Labute approximate surface area is 135 Å². The van der Waals surface area contributed by atoms with Crippen LogP contribution in [0.5, 0.6) is 0 Å². The van der Waals surface area contributed by atoms with Crippen LogP contribution in [0.25, 0.3) is 0 Å². The van der Waals surface area contributed by atoms with Gasteiger partial charge < -0.3 is 5.32 Å². The highest BCUT2D eigenvalue weighted by Crippen LogP contribution is 2.23. The van der Waals surface area contributed by atoms with Crippen molar-refractivity contribution in [3.8, 4) is 0 Å². The number of benzene rings is 2. The minimum atomic E-state index is -0.0340. The van der Waals surface area contributed by atoms with E-state index in [1.807, 2.05) is 37.3 Å². The van der Waals surface area contributed by atoms with Crippen LogP contribution in [0.1, 0.15) is 15.9 Å². The fraction of sp³-hybridized carbons (Fsp3) is 0.0625. The Morgan fingerprint density at radius 2 is 1.80 bits per heavy atom. The summed E-state index contributed by atoms with van der Waals surface area (Å²) >= 11 is 6.83. The maximum Gasteiger partial charge on any atom is 0.187 e. The van der Waals surface area contributed by atoms with Crippen LogP contribution in [-0.4, -0.2) is 5.78 Å². The van der Waals surface area contributed by atoms with Crippen molar-refractivity contribution in [1.29, 1.82) is 0 Å². The highest BCUT2D eigenvalue weighted by molar-refractivity contribution is 9.10. The highest BCUT2D eigenvalue weighted by Gasteiger charge is 2.01. The lowest BCUT2D eigenvalue weighted by Crippen LogP contribution is -1.96. The number of ketones is 1. The Hall–Kier alpha value is -1.39. The first-order valence-corrected chi connectivity index (χ1v) is 7.64. The molecule has 0 heterocycles. The lowest BCUT2D eigenvalue weighted by atomic mass is 10.1. The molecular weight excluding hydrogens is 382 g/mol. The molecule has 0 spiro atoms. The van der Waals surface area contributed by atoms with Crippen molar-refractivity contribution >= 4 is 43.3 Å². The van der Waals surface area contributed by atoms with E-state index in [0.717, 1.165) is 14.6 Å². The van der Waals surface area contributed by atoms with Gasteiger partial charge in [0.15, 0.2) is 5.78 Å². The van der Waals surface area contributed by atoms with E-state index in [9.17, 15) is 4.79 Å². The average Bonchev–Trinajstić information content (AvgIpc) is 2.42. The number of allylic oxidation sites excluding steroid dienone is 1.